The molecule has 2 aromatic heterocycles. The summed E-state index contributed by atoms with van der Waals surface area (Å²) in [4.78, 5) is 19.1. The Balaban J connectivity index is 1.74. The molecule has 0 N–H and O–H groups in total. The number of sulfone groups is 1. The Kier molecular flexibility index (Phi) is 4.86. The minimum absolute atomic E-state index is 0.00851. The number of hydrogen-bond donors (Lipinski definition) is 0. The second-order valence-electron chi connectivity index (χ2n) is 6.92. The van der Waals surface area contributed by atoms with E-state index in [9.17, 15) is 17.9 Å². The molecule has 28 heavy (non-hydrogen) atoms. The molecule has 0 saturated carbocycles. The molecule has 148 valence electrons. The van der Waals surface area contributed by atoms with Gasteiger partial charge in [-0.15, -0.1) is 4.21 Å². The molecule has 0 unspecified atom stereocenters. The highest BCUT2D eigenvalue weighted by molar-refractivity contribution is 7.97. The second-order valence-corrected chi connectivity index (χ2v) is 9.63. The fraction of sp³-hybridized carbons (Fsp3) is 0.333. The highest BCUT2D eigenvalue weighted by atomic mass is 35.5. The molecule has 10 heteroatoms. The molecule has 0 amide bonds. The number of nitrogens with zero attached hydrogens (tertiary/aromatic N) is 4. The number of benzene rings is 1. The predicted octanol–water partition coefficient (Wildman–Crippen LogP) is 1.94. The van der Waals surface area contributed by atoms with Crippen molar-refractivity contribution in [3.8, 4) is 11.1 Å². The predicted molar refractivity (Wildman–Crippen MR) is 105 cm³/mol. The van der Waals surface area contributed by atoms with Gasteiger partial charge in [-0.25, -0.2) is 14.2 Å². The van der Waals surface area contributed by atoms with E-state index in [0.29, 0.717) is 42.1 Å². The average molecular weight is 425 g/mol. The molecule has 0 spiro atoms. The van der Waals surface area contributed by atoms with Crippen LogP contribution in [0.3, 0.4) is 0 Å². The fourth-order valence-corrected chi connectivity index (χ4v) is 4.78. The Bertz CT molecular complexity index is 1160. The molecule has 0 aliphatic carbocycles. The molecule has 7 nitrogen and oxygen atoms in total. The first-order chi connectivity index (χ1) is 13.2. The van der Waals surface area contributed by atoms with Crippen LogP contribution in [0.25, 0.3) is 16.8 Å². The molecule has 1 fully saturated rings. The van der Waals surface area contributed by atoms with Gasteiger partial charge in [-0.3, -0.25) is 9.30 Å². The normalized spacial score (nSPS) is 17.3. The minimum atomic E-state index is -2.96. The maximum Gasteiger partial charge on any atom is 0.333 e. The number of imidazole rings is 1. The van der Waals surface area contributed by atoms with Crippen molar-refractivity contribution >= 4 is 27.5 Å². The van der Waals surface area contributed by atoms with E-state index in [0.717, 1.165) is 0 Å². The summed E-state index contributed by atoms with van der Waals surface area (Å²) in [5.41, 5.74) is 2.15. The molecule has 1 aromatic carbocycles. The Morgan fingerprint density at radius 1 is 1.29 bits per heavy atom. The number of aromatic nitrogens is 3. The van der Waals surface area contributed by atoms with Gasteiger partial charge in [-0.2, -0.15) is 0 Å². The van der Waals surface area contributed by atoms with Crippen molar-refractivity contribution in [1.82, 2.24) is 18.9 Å². The van der Waals surface area contributed by atoms with Crippen LogP contribution >= 0.6 is 11.6 Å². The van der Waals surface area contributed by atoms with Crippen LogP contribution in [0.4, 0.5) is 4.39 Å². The Morgan fingerprint density at radius 3 is 2.68 bits per heavy atom. The summed E-state index contributed by atoms with van der Waals surface area (Å²) in [6.07, 6.45) is 3.31. The lowest BCUT2D eigenvalue weighted by Crippen LogP contribution is -2.42. The summed E-state index contributed by atoms with van der Waals surface area (Å²) < 4.78 is 39.6. The smallest absolute Gasteiger partial charge is 0.333 e. The molecule has 0 atom stereocenters. The molecule has 0 radical (unpaired) electrons. The molecule has 4 rings (SSSR count). The number of halogens is 2. The Labute approximate surface area is 166 Å². The van der Waals surface area contributed by atoms with Crippen LogP contribution in [-0.4, -0.2) is 48.0 Å². The van der Waals surface area contributed by atoms with Crippen molar-refractivity contribution in [3.05, 3.63) is 57.6 Å². The summed E-state index contributed by atoms with van der Waals surface area (Å²) in [6.45, 7) is 1.33. The van der Waals surface area contributed by atoms with Crippen molar-refractivity contribution in [2.45, 2.75) is 6.54 Å². The Morgan fingerprint density at radius 2 is 2.00 bits per heavy atom. The fourth-order valence-electron chi connectivity index (χ4n) is 3.32. The summed E-state index contributed by atoms with van der Waals surface area (Å²) in [5.74, 6) is -0.265. The lowest BCUT2D eigenvalue weighted by atomic mass is 10.1. The third-order valence-corrected chi connectivity index (χ3v) is 6.78. The van der Waals surface area contributed by atoms with E-state index in [2.05, 4.69) is 4.98 Å². The van der Waals surface area contributed by atoms with E-state index in [1.54, 1.807) is 25.5 Å². The summed E-state index contributed by atoms with van der Waals surface area (Å²) >= 11 is 5.92. The van der Waals surface area contributed by atoms with E-state index in [1.807, 2.05) is 4.90 Å². The van der Waals surface area contributed by atoms with Gasteiger partial charge >= 0.3 is 5.69 Å². The first-order valence-corrected chi connectivity index (χ1v) is 10.9. The zero-order valence-electron chi connectivity index (χ0n) is 15.1. The first kappa shape index (κ1) is 19.3. The summed E-state index contributed by atoms with van der Waals surface area (Å²) in [5, 5.41) is -0.00851. The number of hydrogen-bond acceptors (Lipinski definition) is 5. The Hall–Kier alpha value is -2.07. The molecule has 1 saturated heterocycles. The maximum absolute atomic E-state index is 13.5. The van der Waals surface area contributed by atoms with E-state index in [-0.39, 0.29) is 22.2 Å². The highest BCUT2D eigenvalue weighted by Gasteiger charge is 2.26. The maximum atomic E-state index is 13.5. The van der Waals surface area contributed by atoms with Gasteiger partial charge in [0.2, 0.25) is 0 Å². The van der Waals surface area contributed by atoms with Gasteiger partial charge in [-0.1, -0.05) is 17.7 Å². The molecule has 3 aromatic rings. The van der Waals surface area contributed by atoms with Gasteiger partial charge in [0.15, 0.2) is 5.65 Å². The number of aryl methyl sites for hydroxylation is 1. The molecule has 0 bridgehead atoms. The van der Waals surface area contributed by atoms with Gasteiger partial charge < -0.3 is 9.12 Å². The van der Waals surface area contributed by atoms with Crippen molar-refractivity contribution < 1.29 is 13.2 Å². The number of rotatable bonds is 3. The largest absolute Gasteiger partial charge is 0.615 e. The van der Waals surface area contributed by atoms with Crippen LogP contribution in [0, 0.1) is 5.82 Å². The quantitative estimate of drug-likeness (QED) is 0.600. The lowest BCUT2D eigenvalue weighted by Gasteiger charge is -2.29. The third-order valence-electron chi connectivity index (χ3n) is 4.88. The second kappa shape index (κ2) is 7.07. The lowest BCUT2D eigenvalue weighted by molar-refractivity contribution is 0.277. The van der Waals surface area contributed by atoms with Crippen molar-refractivity contribution in [2.24, 2.45) is 7.05 Å². The van der Waals surface area contributed by atoms with Gasteiger partial charge in [0.1, 0.15) is 17.3 Å². The molecule has 1 aliphatic heterocycles. The van der Waals surface area contributed by atoms with Crippen LogP contribution in [0.2, 0.25) is 5.02 Å². The average Bonchev–Trinajstić information content (AvgIpc) is 3.06. The van der Waals surface area contributed by atoms with Crippen LogP contribution in [0.5, 0.6) is 0 Å². The van der Waals surface area contributed by atoms with E-state index >= 15 is 0 Å². The van der Waals surface area contributed by atoms with Gasteiger partial charge in [0.25, 0.3) is 0 Å². The molecular weight excluding hydrogens is 407 g/mol. The van der Waals surface area contributed by atoms with Gasteiger partial charge in [-0.05, 0) is 17.7 Å². The van der Waals surface area contributed by atoms with E-state index in [4.69, 9.17) is 11.6 Å². The summed E-state index contributed by atoms with van der Waals surface area (Å²) in [6, 6.07) is 4.36. The van der Waals surface area contributed by atoms with Crippen LogP contribution < -0.4 is 5.69 Å². The monoisotopic (exact) mass is 424 g/mol. The van der Waals surface area contributed by atoms with E-state index < -0.39 is 16.0 Å². The molecular formula is C18H18ClFN4O3S. The topological polar surface area (TPSA) is 82.7 Å². The van der Waals surface area contributed by atoms with Gasteiger partial charge in [0.05, 0.1) is 10.7 Å². The first-order valence-electron chi connectivity index (χ1n) is 8.69. The SMILES string of the molecule is Cn1cc(-c2ccc(F)c(Cl)c2)c2nc(CN3CC[S+](=O)([O-])CC3)cn2c1=O. The zero-order chi connectivity index (χ0) is 20.1. The number of fused-ring (bicyclic) bond motifs is 1. The molecule has 1 aliphatic rings. The summed E-state index contributed by atoms with van der Waals surface area (Å²) in [7, 11) is -1.33. The minimum Gasteiger partial charge on any atom is -0.615 e. The van der Waals surface area contributed by atoms with E-state index in [1.165, 1.54) is 21.1 Å². The third kappa shape index (κ3) is 3.62. The van der Waals surface area contributed by atoms with Crippen molar-refractivity contribution in [1.29, 1.82) is 0 Å². The molecule has 3 heterocycles. The van der Waals surface area contributed by atoms with Gasteiger partial charge in [0, 0.05) is 54.9 Å². The van der Waals surface area contributed by atoms with Crippen LogP contribution in [-0.2, 0) is 28.0 Å². The van der Waals surface area contributed by atoms with Crippen LogP contribution in [0.1, 0.15) is 5.69 Å². The van der Waals surface area contributed by atoms with Crippen LogP contribution in [0.15, 0.2) is 35.4 Å². The standard InChI is InChI=1S/C18H18ClFN4O3S/c1-22-11-14(12-2-3-16(20)15(19)8-12)17-21-13(10-24(17)18(22)25)9-23-4-6-28(26,27)7-5-23/h2-3,8,10-11H,4-7,9H2,1H3. The zero-order valence-corrected chi connectivity index (χ0v) is 16.7. The van der Waals surface area contributed by atoms with Crippen molar-refractivity contribution in [2.75, 3.05) is 24.6 Å². The highest BCUT2D eigenvalue weighted by Crippen LogP contribution is 2.27. The van der Waals surface area contributed by atoms with Crippen molar-refractivity contribution in [3.63, 3.8) is 0 Å².